The van der Waals surface area contributed by atoms with Gasteiger partial charge in [0.05, 0.1) is 5.56 Å². The summed E-state index contributed by atoms with van der Waals surface area (Å²) < 4.78 is 11.1. The molecule has 124 valence electrons. The van der Waals surface area contributed by atoms with E-state index < -0.39 is 0 Å². The van der Waals surface area contributed by atoms with Crippen LogP contribution in [0.2, 0.25) is 0 Å². The van der Waals surface area contributed by atoms with Crippen molar-refractivity contribution in [2.45, 2.75) is 46.1 Å². The largest absolute Gasteiger partial charge is 0.481 e. The van der Waals surface area contributed by atoms with E-state index in [1.54, 1.807) is 24.3 Å². The second kappa shape index (κ2) is 8.01. The van der Waals surface area contributed by atoms with Gasteiger partial charge in [-0.1, -0.05) is 39.3 Å². The number of nitriles is 1. The molecule has 1 saturated carbocycles. The molecular weight excluding hydrogens is 290 g/mol. The lowest BCUT2D eigenvalue weighted by molar-refractivity contribution is -0.158. The minimum atomic E-state index is -0.359. The number of rotatable bonds is 5. The topological polar surface area (TPSA) is 59.3 Å². The molecule has 23 heavy (non-hydrogen) atoms. The Morgan fingerprint density at radius 3 is 2.78 bits per heavy atom. The Labute approximate surface area is 138 Å². The van der Waals surface area contributed by atoms with E-state index in [1.165, 1.54) is 6.42 Å². The fourth-order valence-electron chi connectivity index (χ4n) is 3.27. The van der Waals surface area contributed by atoms with Crippen molar-refractivity contribution in [3.63, 3.8) is 0 Å². The Kier molecular flexibility index (Phi) is 6.04. The molecule has 0 spiro atoms. The van der Waals surface area contributed by atoms with Gasteiger partial charge >= 0.3 is 5.97 Å². The number of ether oxygens (including phenoxy) is 2. The lowest BCUT2D eigenvalue weighted by Gasteiger charge is -2.36. The Bertz CT molecular complexity index is 576. The molecule has 0 aromatic heterocycles. The molecule has 2 rings (SSSR count). The molecule has 1 aromatic rings. The van der Waals surface area contributed by atoms with E-state index in [9.17, 15) is 4.79 Å². The molecule has 0 bridgehead atoms. The van der Waals surface area contributed by atoms with Gasteiger partial charge in [-0.25, -0.2) is 4.79 Å². The highest BCUT2D eigenvalue weighted by Crippen LogP contribution is 2.35. The zero-order valence-electron chi connectivity index (χ0n) is 14.1. The van der Waals surface area contributed by atoms with E-state index in [1.807, 2.05) is 0 Å². The van der Waals surface area contributed by atoms with Gasteiger partial charge in [-0.3, -0.25) is 0 Å². The van der Waals surface area contributed by atoms with Crippen LogP contribution in [-0.2, 0) is 9.53 Å². The van der Waals surface area contributed by atoms with Crippen LogP contribution in [0.3, 0.4) is 0 Å². The van der Waals surface area contributed by atoms with Crippen molar-refractivity contribution in [3.05, 3.63) is 29.8 Å². The normalized spacial score (nSPS) is 24.0. The molecule has 1 aromatic carbocycles. The molecule has 0 saturated heterocycles. The molecule has 0 amide bonds. The van der Waals surface area contributed by atoms with Crippen LogP contribution in [0.5, 0.6) is 5.75 Å². The summed E-state index contributed by atoms with van der Waals surface area (Å²) in [5.74, 6) is 1.57. The number of carbonyl (C=O) groups is 1. The summed E-state index contributed by atoms with van der Waals surface area (Å²) in [4.78, 5) is 12.1. The number of nitrogens with zero attached hydrogens (tertiary/aromatic N) is 1. The SMILES string of the molecule is CC(C)[C@@H]1CC[C@H](C)C[C@H]1OC(=O)COc1ccccc1C#N. The number of para-hydroxylation sites is 1. The first-order chi connectivity index (χ1) is 11.0. The van der Waals surface area contributed by atoms with Crippen LogP contribution in [-0.4, -0.2) is 18.7 Å². The van der Waals surface area contributed by atoms with E-state index in [4.69, 9.17) is 14.7 Å². The summed E-state index contributed by atoms with van der Waals surface area (Å²) in [7, 11) is 0. The predicted molar refractivity (Wildman–Crippen MR) is 87.9 cm³/mol. The third kappa shape index (κ3) is 4.72. The Hall–Kier alpha value is -2.02. The minimum Gasteiger partial charge on any atom is -0.481 e. The first-order valence-electron chi connectivity index (χ1n) is 8.32. The molecule has 1 aliphatic rings. The van der Waals surface area contributed by atoms with Gasteiger partial charge < -0.3 is 9.47 Å². The van der Waals surface area contributed by atoms with Crippen molar-refractivity contribution < 1.29 is 14.3 Å². The van der Waals surface area contributed by atoms with Crippen LogP contribution in [0.4, 0.5) is 0 Å². The zero-order chi connectivity index (χ0) is 16.8. The first kappa shape index (κ1) is 17.3. The molecular formula is C19H25NO3. The molecule has 4 heteroatoms. The van der Waals surface area contributed by atoms with Crippen LogP contribution < -0.4 is 4.74 Å². The van der Waals surface area contributed by atoms with Gasteiger partial charge in [0.25, 0.3) is 0 Å². The van der Waals surface area contributed by atoms with Crippen LogP contribution in [0.15, 0.2) is 24.3 Å². The van der Waals surface area contributed by atoms with Crippen molar-refractivity contribution in [3.8, 4) is 11.8 Å². The van der Waals surface area contributed by atoms with Crippen LogP contribution in [0, 0.1) is 29.1 Å². The fraction of sp³-hybridized carbons (Fsp3) is 0.579. The summed E-state index contributed by atoms with van der Waals surface area (Å²) in [6.45, 7) is 6.41. The third-order valence-electron chi connectivity index (χ3n) is 4.60. The average molecular weight is 315 g/mol. The summed E-state index contributed by atoms with van der Waals surface area (Å²) in [6.07, 6.45) is 3.20. The van der Waals surface area contributed by atoms with Gasteiger partial charge in [-0.15, -0.1) is 0 Å². The maximum Gasteiger partial charge on any atom is 0.344 e. The summed E-state index contributed by atoms with van der Waals surface area (Å²) >= 11 is 0. The lowest BCUT2D eigenvalue weighted by Crippen LogP contribution is -2.37. The highest BCUT2D eigenvalue weighted by molar-refractivity contribution is 5.71. The maximum absolute atomic E-state index is 12.1. The van der Waals surface area contributed by atoms with Gasteiger partial charge in [0.15, 0.2) is 6.61 Å². The van der Waals surface area contributed by atoms with Crippen molar-refractivity contribution in [2.24, 2.45) is 17.8 Å². The van der Waals surface area contributed by atoms with Gasteiger partial charge in [-0.05, 0) is 42.7 Å². The lowest BCUT2D eigenvalue weighted by atomic mass is 9.75. The van der Waals surface area contributed by atoms with Crippen molar-refractivity contribution in [1.29, 1.82) is 5.26 Å². The number of hydrogen-bond acceptors (Lipinski definition) is 4. The van der Waals surface area contributed by atoms with Gasteiger partial charge in [-0.2, -0.15) is 5.26 Å². The minimum absolute atomic E-state index is 0.0268. The van der Waals surface area contributed by atoms with E-state index in [2.05, 4.69) is 26.8 Å². The second-order valence-electron chi connectivity index (χ2n) is 6.75. The zero-order valence-corrected chi connectivity index (χ0v) is 14.1. The van der Waals surface area contributed by atoms with Crippen molar-refractivity contribution in [1.82, 2.24) is 0 Å². The summed E-state index contributed by atoms with van der Waals surface area (Å²) in [5, 5.41) is 9.02. The summed E-state index contributed by atoms with van der Waals surface area (Å²) in [5.41, 5.74) is 0.423. The smallest absolute Gasteiger partial charge is 0.344 e. The first-order valence-corrected chi connectivity index (χ1v) is 8.32. The van der Waals surface area contributed by atoms with Crippen LogP contribution in [0.25, 0.3) is 0 Å². The molecule has 0 unspecified atom stereocenters. The molecule has 0 aliphatic heterocycles. The van der Waals surface area contributed by atoms with Gasteiger partial charge in [0, 0.05) is 0 Å². The molecule has 0 heterocycles. The average Bonchev–Trinajstić information content (AvgIpc) is 2.53. The predicted octanol–water partition coefficient (Wildman–Crippen LogP) is 3.94. The molecule has 1 fully saturated rings. The quantitative estimate of drug-likeness (QED) is 0.772. The fourth-order valence-corrected chi connectivity index (χ4v) is 3.27. The van der Waals surface area contributed by atoms with Crippen LogP contribution in [0.1, 0.15) is 45.6 Å². The van der Waals surface area contributed by atoms with Crippen molar-refractivity contribution >= 4 is 5.97 Å². The standard InChI is InChI=1S/C19H25NO3/c1-13(2)16-9-8-14(3)10-18(16)23-19(21)12-22-17-7-5-4-6-15(17)11-20/h4-7,13-14,16,18H,8-10,12H2,1-3H3/t14-,16-,18+/m0/s1. The molecule has 0 N–H and O–H groups in total. The second-order valence-corrected chi connectivity index (χ2v) is 6.75. The van der Waals surface area contributed by atoms with Gasteiger partial charge in [0.1, 0.15) is 17.9 Å². The van der Waals surface area contributed by atoms with E-state index in [-0.39, 0.29) is 18.7 Å². The molecule has 3 atom stereocenters. The highest BCUT2D eigenvalue weighted by Gasteiger charge is 2.33. The third-order valence-corrected chi connectivity index (χ3v) is 4.60. The maximum atomic E-state index is 12.1. The molecule has 4 nitrogen and oxygen atoms in total. The van der Waals surface area contributed by atoms with Gasteiger partial charge in [0.2, 0.25) is 0 Å². The van der Waals surface area contributed by atoms with E-state index >= 15 is 0 Å². The van der Waals surface area contributed by atoms with Crippen LogP contribution >= 0.6 is 0 Å². The number of esters is 1. The Morgan fingerprint density at radius 1 is 1.35 bits per heavy atom. The molecule has 0 radical (unpaired) electrons. The Morgan fingerprint density at radius 2 is 2.09 bits per heavy atom. The van der Waals surface area contributed by atoms with Crippen molar-refractivity contribution in [2.75, 3.05) is 6.61 Å². The van der Waals surface area contributed by atoms with E-state index in [0.29, 0.717) is 29.1 Å². The number of hydrogen-bond donors (Lipinski definition) is 0. The molecule has 1 aliphatic carbocycles. The Balaban J connectivity index is 1.92. The highest BCUT2D eigenvalue weighted by atomic mass is 16.6. The summed E-state index contributed by atoms with van der Waals surface area (Å²) in [6, 6.07) is 8.94. The number of carbonyl (C=O) groups excluding carboxylic acids is 1. The monoisotopic (exact) mass is 315 g/mol. The van der Waals surface area contributed by atoms with E-state index in [0.717, 1.165) is 12.8 Å². The number of benzene rings is 1.